The molecule has 0 radical (unpaired) electrons. The SMILES string of the molecule is CCCCN(CCO)C(=O)c1cc(F)cnc1NCCC. The van der Waals surface area contributed by atoms with Crippen LogP contribution in [0.5, 0.6) is 0 Å². The Hall–Kier alpha value is -1.69. The zero-order valence-corrected chi connectivity index (χ0v) is 12.7. The van der Waals surface area contributed by atoms with Gasteiger partial charge in [0, 0.05) is 19.6 Å². The second-order valence-electron chi connectivity index (χ2n) is 4.85. The minimum Gasteiger partial charge on any atom is -0.395 e. The number of aliphatic hydroxyl groups is 1. The summed E-state index contributed by atoms with van der Waals surface area (Å²) >= 11 is 0. The van der Waals surface area contributed by atoms with E-state index in [1.807, 2.05) is 13.8 Å². The minimum atomic E-state index is -0.542. The van der Waals surface area contributed by atoms with Crippen LogP contribution in [0.4, 0.5) is 10.2 Å². The molecule has 21 heavy (non-hydrogen) atoms. The number of unbranched alkanes of at least 4 members (excludes halogenated alkanes) is 1. The molecule has 0 saturated heterocycles. The Labute approximate surface area is 125 Å². The quantitative estimate of drug-likeness (QED) is 0.734. The number of hydrogen-bond donors (Lipinski definition) is 2. The van der Waals surface area contributed by atoms with Gasteiger partial charge in [-0.3, -0.25) is 4.79 Å². The third-order valence-corrected chi connectivity index (χ3v) is 3.07. The maximum absolute atomic E-state index is 13.4. The lowest BCUT2D eigenvalue weighted by Crippen LogP contribution is -2.35. The molecule has 118 valence electrons. The van der Waals surface area contributed by atoms with Gasteiger partial charge in [0.2, 0.25) is 0 Å². The molecule has 0 fully saturated rings. The zero-order valence-electron chi connectivity index (χ0n) is 12.7. The third kappa shape index (κ3) is 5.30. The first-order valence-corrected chi connectivity index (χ1v) is 7.43. The van der Waals surface area contributed by atoms with E-state index in [-0.39, 0.29) is 24.6 Å². The molecule has 6 heteroatoms. The van der Waals surface area contributed by atoms with Gasteiger partial charge in [-0.05, 0) is 18.9 Å². The molecule has 1 aromatic heterocycles. The summed E-state index contributed by atoms with van der Waals surface area (Å²) < 4.78 is 13.4. The highest BCUT2D eigenvalue weighted by molar-refractivity contribution is 5.98. The molecular weight excluding hydrogens is 273 g/mol. The van der Waals surface area contributed by atoms with Gasteiger partial charge in [0.05, 0.1) is 18.4 Å². The number of nitrogens with one attached hydrogen (secondary N) is 1. The van der Waals surface area contributed by atoms with Crippen molar-refractivity contribution in [2.24, 2.45) is 0 Å². The van der Waals surface area contributed by atoms with E-state index in [2.05, 4.69) is 10.3 Å². The Morgan fingerprint density at radius 3 is 2.76 bits per heavy atom. The van der Waals surface area contributed by atoms with Crippen molar-refractivity contribution >= 4 is 11.7 Å². The number of hydrogen-bond acceptors (Lipinski definition) is 4. The van der Waals surface area contributed by atoms with Gasteiger partial charge in [-0.25, -0.2) is 9.37 Å². The fraction of sp³-hybridized carbons (Fsp3) is 0.600. The molecule has 1 aromatic rings. The summed E-state index contributed by atoms with van der Waals surface area (Å²) in [6, 6.07) is 1.20. The van der Waals surface area contributed by atoms with E-state index in [1.54, 1.807) is 0 Å². The van der Waals surface area contributed by atoms with Crippen molar-refractivity contribution in [3.8, 4) is 0 Å². The summed E-state index contributed by atoms with van der Waals surface area (Å²) in [5, 5.41) is 12.1. The Morgan fingerprint density at radius 2 is 2.14 bits per heavy atom. The summed E-state index contributed by atoms with van der Waals surface area (Å²) in [5.41, 5.74) is 0.216. The van der Waals surface area contributed by atoms with E-state index in [9.17, 15) is 9.18 Å². The average Bonchev–Trinajstić information content (AvgIpc) is 2.49. The average molecular weight is 297 g/mol. The third-order valence-electron chi connectivity index (χ3n) is 3.07. The molecule has 5 nitrogen and oxygen atoms in total. The van der Waals surface area contributed by atoms with Gasteiger partial charge in [0.25, 0.3) is 5.91 Å². The number of nitrogens with zero attached hydrogens (tertiary/aromatic N) is 2. The number of halogens is 1. The number of aliphatic hydroxyl groups excluding tert-OH is 1. The molecule has 0 aliphatic heterocycles. The maximum Gasteiger partial charge on any atom is 0.257 e. The molecule has 0 saturated carbocycles. The molecule has 0 aliphatic rings. The van der Waals surface area contributed by atoms with Crippen LogP contribution in [0.25, 0.3) is 0 Å². The Morgan fingerprint density at radius 1 is 1.38 bits per heavy atom. The van der Waals surface area contributed by atoms with Crippen LogP contribution >= 0.6 is 0 Å². The second-order valence-corrected chi connectivity index (χ2v) is 4.85. The van der Waals surface area contributed by atoms with Gasteiger partial charge < -0.3 is 15.3 Å². The van der Waals surface area contributed by atoms with Gasteiger partial charge in [-0.1, -0.05) is 20.3 Å². The Balaban J connectivity index is 2.98. The number of pyridine rings is 1. The monoisotopic (exact) mass is 297 g/mol. The van der Waals surface area contributed by atoms with E-state index in [1.165, 1.54) is 11.0 Å². The highest BCUT2D eigenvalue weighted by atomic mass is 19.1. The molecule has 1 heterocycles. The predicted molar refractivity (Wildman–Crippen MR) is 80.9 cm³/mol. The van der Waals surface area contributed by atoms with Gasteiger partial charge >= 0.3 is 0 Å². The summed E-state index contributed by atoms with van der Waals surface area (Å²) in [5.74, 6) is -0.453. The van der Waals surface area contributed by atoms with Crippen LogP contribution in [-0.2, 0) is 0 Å². The Bertz CT molecular complexity index is 455. The van der Waals surface area contributed by atoms with Crippen LogP contribution < -0.4 is 5.32 Å². The summed E-state index contributed by atoms with van der Waals surface area (Å²) in [6.45, 7) is 5.35. The fourth-order valence-corrected chi connectivity index (χ4v) is 1.94. The van der Waals surface area contributed by atoms with Gasteiger partial charge in [0.1, 0.15) is 11.6 Å². The molecular formula is C15H24FN3O2. The maximum atomic E-state index is 13.4. The molecule has 0 aliphatic carbocycles. The normalized spacial score (nSPS) is 10.5. The first-order chi connectivity index (χ1) is 10.1. The predicted octanol–water partition coefficient (Wildman–Crippen LogP) is 2.28. The lowest BCUT2D eigenvalue weighted by atomic mass is 10.2. The fourth-order valence-electron chi connectivity index (χ4n) is 1.94. The van der Waals surface area contributed by atoms with Crippen molar-refractivity contribution in [3.63, 3.8) is 0 Å². The number of rotatable bonds is 9. The second kappa shape index (κ2) is 9.28. The molecule has 1 amide bonds. The number of carbonyl (C=O) groups is 1. The van der Waals surface area contributed by atoms with Crippen LogP contribution in [0.2, 0.25) is 0 Å². The van der Waals surface area contributed by atoms with Crippen LogP contribution in [0.15, 0.2) is 12.3 Å². The van der Waals surface area contributed by atoms with Gasteiger partial charge in [0.15, 0.2) is 0 Å². The van der Waals surface area contributed by atoms with E-state index in [4.69, 9.17) is 5.11 Å². The summed E-state index contributed by atoms with van der Waals surface area (Å²) in [7, 11) is 0. The number of amides is 1. The van der Waals surface area contributed by atoms with Gasteiger partial charge in [-0.2, -0.15) is 0 Å². The lowest BCUT2D eigenvalue weighted by molar-refractivity contribution is 0.0719. The first-order valence-electron chi connectivity index (χ1n) is 7.43. The smallest absolute Gasteiger partial charge is 0.257 e. The molecule has 0 unspecified atom stereocenters. The summed E-state index contributed by atoms with van der Waals surface area (Å²) in [6.07, 6.45) is 3.75. The molecule has 0 atom stereocenters. The number of aromatic nitrogens is 1. The van der Waals surface area contributed by atoms with Crippen LogP contribution in [0, 0.1) is 5.82 Å². The lowest BCUT2D eigenvalue weighted by Gasteiger charge is -2.22. The van der Waals surface area contributed by atoms with Crippen LogP contribution in [-0.4, -0.2) is 47.1 Å². The standard InChI is InChI=1S/C15H24FN3O2/c1-3-5-7-19(8-9-20)15(21)13-10-12(16)11-18-14(13)17-6-4-2/h10-11,20H,3-9H2,1-2H3,(H,17,18). The Kier molecular flexibility index (Phi) is 7.68. The van der Waals surface area contributed by atoms with Crippen molar-refractivity contribution in [2.45, 2.75) is 33.1 Å². The van der Waals surface area contributed by atoms with E-state index >= 15 is 0 Å². The molecule has 1 rings (SSSR count). The molecule has 0 spiro atoms. The minimum absolute atomic E-state index is 0.115. The number of anilines is 1. The van der Waals surface area contributed by atoms with Crippen molar-refractivity contribution in [1.29, 1.82) is 0 Å². The van der Waals surface area contributed by atoms with Crippen molar-refractivity contribution < 1.29 is 14.3 Å². The molecule has 0 aromatic carbocycles. The van der Waals surface area contributed by atoms with Gasteiger partial charge in [-0.15, -0.1) is 0 Å². The first kappa shape index (κ1) is 17.4. The zero-order chi connectivity index (χ0) is 15.7. The van der Waals surface area contributed by atoms with Crippen molar-refractivity contribution in [2.75, 3.05) is 31.6 Å². The summed E-state index contributed by atoms with van der Waals surface area (Å²) in [4.78, 5) is 18.0. The number of carbonyl (C=O) groups excluding carboxylic acids is 1. The van der Waals surface area contributed by atoms with Crippen molar-refractivity contribution in [1.82, 2.24) is 9.88 Å². The highest BCUT2D eigenvalue weighted by Gasteiger charge is 2.20. The highest BCUT2D eigenvalue weighted by Crippen LogP contribution is 2.16. The largest absolute Gasteiger partial charge is 0.395 e. The van der Waals surface area contributed by atoms with E-state index in [0.29, 0.717) is 18.9 Å². The molecule has 0 bridgehead atoms. The van der Waals surface area contributed by atoms with Crippen LogP contribution in [0.3, 0.4) is 0 Å². The topological polar surface area (TPSA) is 65.5 Å². The van der Waals surface area contributed by atoms with E-state index in [0.717, 1.165) is 25.5 Å². The van der Waals surface area contributed by atoms with Crippen LogP contribution in [0.1, 0.15) is 43.5 Å². The van der Waals surface area contributed by atoms with Crippen molar-refractivity contribution in [3.05, 3.63) is 23.6 Å². The molecule has 2 N–H and O–H groups in total. The van der Waals surface area contributed by atoms with E-state index < -0.39 is 5.82 Å².